The zero-order chi connectivity index (χ0) is 12.8. The van der Waals surface area contributed by atoms with Gasteiger partial charge in [0.25, 0.3) is 0 Å². The van der Waals surface area contributed by atoms with E-state index in [-0.39, 0.29) is 0 Å². The second kappa shape index (κ2) is 6.22. The molecule has 0 saturated heterocycles. The summed E-state index contributed by atoms with van der Waals surface area (Å²) in [5.41, 5.74) is 3.16. The predicted molar refractivity (Wildman–Crippen MR) is 74.0 cm³/mol. The molecular weight excluding hydrogens is 246 g/mol. The molecule has 0 aliphatic carbocycles. The summed E-state index contributed by atoms with van der Waals surface area (Å²) in [7, 11) is 0. The Morgan fingerprint density at radius 3 is 2.56 bits per heavy atom. The summed E-state index contributed by atoms with van der Waals surface area (Å²) in [4.78, 5) is 5.22. The van der Waals surface area contributed by atoms with E-state index in [1.807, 2.05) is 43.3 Å². The van der Waals surface area contributed by atoms with Crippen LogP contribution in [0.15, 0.2) is 53.7 Å². The van der Waals surface area contributed by atoms with E-state index < -0.39 is 0 Å². The molecule has 0 unspecified atom stereocenters. The molecule has 0 saturated carbocycles. The molecule has 3 heteroatoms. The van der Waals surface area contributed by atoms with Gasteiger partial charge in [-0.05, 0) is 30.2 Å². The molecule has 2 rings (SSSR count). The van der Waals surface area contributed by atoms with Crippen LogP contribution in [0.2, 0.25) is 5.02 Å². The fourth-order valence-corrected chi connectivity index (χ4v) is 1.61. The standard InChI is InChI=1S/C15H13ClNO/c1-12-4-2-3-5-14(12)11-18-17-10-13-6-8-15(16)9-7-13/h2-9H,11H2,1H3. The van der Waals surface area contributed by atoms with Crippen LogP contribution in [0, 0.1) is 6.92 Å². The number of hydrogen-bond donors (Lipinski definition) is 0. The minimum atomic E-state index is 0.452. The van der Waals surface area contributed by atoms with Crippen molar-refractivity contribution in [3.05, 3.63) is 70.2 Å². The van der Waals surface area contributed by atoms with Crippen LogP contribution in [-0.4, -0.2) is 6.21 Å². The van der Waals surface area contributed by atoms with E-state index in [1.54, 1.807) is 12.1 Å². The summed E-state index contributed by atoms with van der Waals surface area (Å²) in [6.45, 7) is 2.50. The number of rotatable bonds is 4. The van der Waals surface area contributed by atoms with E-state index in [9.17, 15) is 0 Å². The van der Waals surface area contributed by atoms with Gasteiger partial charge in [0.2, 0.25) is 0 Å². The summed E-state index contributed by atoms with van der Waals surface area (Å²) in [6.07, 6.45) is 2.81. The molecule has 0 N–H and O–H groups in total. The van der Waals surface area contributed by atoms with Gasteiger partial charge in [-0.25, -0.2) is 0 Å². The van der Waals surface area contributed by atoms with Crippen LogP contribution in [0.3, 0.4) is 0 Å². The quantitative estimate of drug-likeness (QED) is 0.598. The highest BCUT2D eigenvalue weighted by atomic mass is 35.5. The van der Waals surface area contributed by atoms with Crippen LogP contribution in [0.5, 0.6) is 0 Å². The number of aryl methyl sites for hydroxylation is 1. The van der Waals surface area contributed by atoms with Crippen molar-refractivity contribution in [1.29, 1.82) is 0 Å². The van der Waals surface area contributed by atoms with E-state index in [2.05, 4.69) is 11.4 Å². The zero-order valence-electron chi connectivity index (χ0n) is 10.1. The highest BCUT2D eigenvalue weighted by Crippen LogP contribution is 2.09. The van der Waals surface area contributed by atoms with Gasteiger partial charge < -0.3 is 4.84 Å². The van der Waals surface area contributed by atoms with E-state index in [4.69, 9.17) is 16.4 Å². The normalized spacial score (nSPS) is 10.8. The lowest BCUT2D eigenvalue weighted by Crippen LogP contribution is -1.91. The van der Waals surface area contributed by atoms with Gasteiger partial charge in [0.1, 0.15) is 12.8 Å². The smallest absolute Gasteiger partial charge is 0.142 e. The second-order valence-electron chi connectivity index (χ2n) is 3.91. The first-order valence-electron chi connectivity index (χ1n) is 5.64. The van der Waals surface area contributed by atoms with Crippen molar-refractivity contribution in [3.8, 4) is 0 Å². The topological polar surface area (TPSA) is 21.6 Å². The Balaban J connectivity index is 1.89. The zero-order valence-corrected chi connectivity index (χ0v) is 10.8. The maximum atomic E-state index is 5.78. The van der Waals surface area contributed by atoms with Gasteiger partial charge in [-0.15, -0.1) is 0 Å². The van der Waals surface area contributed by atoms with Crippen molar-refractivity contribution in [2.45, 2.75) is 13.5 Å². The molecule has 0 aliphatic heterocycles. The van der Waals surface area contributed by atoms with Crippen molar-refractivity contribution in [1.82, 2.24) is 0 Å². The Labute approximate surface area is 112 Å². The maximum Gasteiger partial charge on any atom is 0.142 e. The Hall–Kier alpha value is -1.80. The first-order valence-corrected chi connectivity index (χ1v) is 6.01. The minimum Gasteiger partial charge on any atom is -0.390 e. The fraction of sp³-hybridized carbons (Fsp3) is 0.133. The molecule has 0 fully saturated rings. The number of nitrogens with zero attached hydrogens (tertiary/aromatic N) is 1. The highest BCUT2D eigenvalue weighted by molar-refractivity contribution is 6.30. The third-order valence-corrected chi connectivity index (χ3v) is 2.82. The Bertz CT molecular complexity index is 534. The summed E-state index contributed by atoms with van der Waals surface area (Å²) < 4.78 is 0. The van der Waals surface area contributed by atoms with Gasteiger partial charge in [-0.2, -0.15) is 0 Å². The van der Waals surface area contributed by atoms with Crippen LogP contribution in [0.1, 0.15) is 16.7 Å². The third kappa shape index (κ3) is 3.60. The van der Waals surface area contributed by atoms with Crippen molar-refractivity contribution >= 4 is 17.8 Å². The molecule has 2 nitrogen and oxygen atoms in total. The minimum absolute atomic E-state index is 0.452. The van der Waals surface area contributed by atoms with Gasteiger partial charge in [0.15, 0.2) is 0 Å². The van der Waals surface area contributed by atoms with Crippen molar-refractivity contribution in [2.24, 2.45) is 5.16 Å². The first kappa shape index (κ1) is 12.7. The number of hydrogen-bond acceptors (Lipinski definition) is 2. The third-order valence-electron chi connectivity index (χ3n) is 2.56. The molecule has 91 valence electrons. The molecular formula is C15H13ClNO. The van der Waals surface area contributed by atoms with Crippen LogP contribution in [0.4, 0.5) is 0 Å². The molecule has 0 atom stereocenters. The Morgan fingerprint density at radius 1 is 1.11 bits per heavy atom. The van der Waals surface area contributed by atoms with Crippen LogP contribution < -0.4 is 0 Å². The Morgan fingerprint density at radius 2 is 1.83 bits per heavy atom. The summed E-state index contributed by atoms with van der Waals surface area (Å²) in [6, 6.07) is 15.3. The van der Waals surface area contributed by atoms with Crippen LogP contribution >= 0.6 is 11.6 Å². The predicted octanol–water partition coefficient (Wildman–Crippen LogP) is 4.08. The molecule has 0 bridgehead atoms. The lowest BCUT2D eigenvalue weighted by molar-refractivity contribution is 0.131. The van der Waals surface area contributed by atoms with Gasteiger partial charge in [0.05, 0.1) is 0 Å². The molecule has 0 aliphatic rings. The molecule has 18 heavy (non-hydrogen) atoms. The average molecular weight is 259 g/mol. The molecule has 0 spiro atoms. The Kier molecular flexibility index (Phi) is 4.37. The van der Waals surface area contributed by atoms with Gasteiger partial charge in [-0.1, -0.05) is 53.2 Å². The van der Waals surface area contributed by atoms with E-state index >= 15 is 0 Å². The first-order chi connectivity index (χ1) is 8.75. The van der Waals surface area contributed by atoms with Gasteiger partial charge in [0, 0.05) is 10.6 Å². The number of halogens is 1. The van der Waals surface area contributed by atoms with Crippen molar-refractivity contribution in [2.75, 3.05) is 0 Å². The SMILES string of the molecule is Cc1ccccc1CO/N=[C]\c1ccc(Cl)cc1. The van der Waals surface area contributed by atoms with E-state index in [0.29, 0.717) is 11.6 Å². The second-order valence-corrected chi connectivity index (χ2v) is 4.35. The van der Waals surface area contributed by atoms with E-state index in [0.717, 1.165) is 11.1 Å². The van der Waals surface area contributed by atoms with Gasteiger partial charge in [-0.3, -0.25) is 0 Å². The largest absolute Gasteiger partial charge is 0.390 e. The summed E-state index contributed by atoms with van der Waals surface area (Å²) in [5, 5.41) is 4.51. The summed E-state index contributed by atoms with van der Waals surface area (Å²) >= 11 is 5.78. The molecule has 1 radical (unpaired) electrons. The van der Waals surface area contributed by atoms with Crippen LogP contribution in [-0.2, 0) is 11.4 Å². The molecule has 0 amide bonds. The summed E-state index contributed by atoms with van der Waals surface area (Å²) in [5.74, 6) is 0. The fourth-order valence-electron chi connectivity index (χ4n) is 1.48. The molecule has 2 aromatic rings. The average Bonchev–Trinajstić information content (AvgIpc) is 2.39. The number of benzene rings is 2. The van der Waals surface area contributed by atoms with Crippen LogP contribution in [0.25, 0.3) is 0 Å². The van der Waals surface area contributed by atoms with E-state index in [1.165, 1.54) is 5.56 Å². The van der Waals surface area contributed by atoms with Crippen molar-refractivity contribution < 1.29 is 4.84 Å². The van der Waals surface area contributed by atoms with Crippen molar-refractivity contribution in [3.63, 3.8) is 0 Å². The highest BCUT2D eigenvalue weighted by Gasteiger charge is 1.96. The maximum absolute atomic E-state index is 5.78. The molecule has 2 aromatic carbocycles. The molecule has 0 aromatic heterocycles. The molecule has 0 heterocycles. The monoisotopic (exact) mass is 258 g/mol. The lowest BCUT2D eigenvalue weighted by atomic mass is 10.1. The lowest BCUT2D eigenvalue weighted by Gasteiger charge is -2.02. The van der Waals surface area contributed by atoms with Gasteiger partial charge >= 0.3 is 0 Å².